The van der Waals surface area contributed by atoms with Crippen LogP contribution in [0.1, 0.15) is 34.1 Å². The van der Waals surface area contributed by atoms with E-state index in [2.05, 4.69) is 25.6 Å². The number of rotatable bonds is 4. The first-order chi connectivity index (χ1) is 14.7. The molecule has 11 heteroatoms. The highest BCUT2D eigenvalue weighted by molar-refractivity contribution is 6.09. The van der Waals surface area contributed by atoms with Crippen LogP contribution in [0, 0.1) is 18.6 Å². The minimum Gasteiger partial charge on any atom is -0.322 e. The van der Waals surface area contributed by atoms with Gasteiger partial charge in [0.15, 0.2) is 5.82 Å². The van der Waals surface area contributed by atoms with Crippen molar-refractivity contribution in [1.82, 2.24) is 24.8 Å². The largest absolute Gasteiger partial charge is 0.322 e. The van der Waals surface area contributed by atoms with Gasteiger partial charge < -0.3 is 5.32 Å². The minimum absolute atomic E-state index is 0.0100. The van der Waals surface area contributed by atoms with Crippen LogP contribution in [0.25, 0.3) is 16.9 Å². The number of amides is 1. The third kappa shape index (κ3) is 3.31. The molecule has 1 atom stereocenters. The van der Waals surface area contributed by atoms with E-state index >= 15 is 0 Å². The van der Waals surface area contributed by atoms with Crippen LogP contribution >= 0.6 is 0 Å². The predicted octanol–water partition coefficient (Wildman–Crippen LogP) is 4.08. The SMILES string of the molecule is Cc1cc(F)c(-c2n[nH]c(C3CC3(F)F)n2)cc1NC(=O)c1cnn2cc(F)ccc12. The summed E-state index contributed by atoms with van der Waals surface area (Å²) in [6, 6.07) is 5.16. The van der Waals surface area contributed by atoms with E-state index in [9.17, 15) is 22.4 Å². The van der Waals surface area contributed by atoms with Crippen molar-refractivity contribution in [2.24, 2.45) is 0 Å². The molecule has 0 bridgehead atoms. The summed E-state index contributed by atoms with van der Waals surface area (Å²) in [6.45, 7) is 1.60. The van der Waals surface area contributed by atoms with Gasteiger partial charge in [-0.1, -0.05) is 0 Å². The Morgan fingerprint density at radius 3 is 2.81 bits per heavy atom. The molecule has 1 amide bonds. The lowest BCUT2D eigenvalue weighted by atomic mass is 10.1. The normalized spacial score (nSPS) is 17.1. The zero-order valence-electron chi connectivity index (χ0n) is 16.0. The van der Waals surface area contributed by atoms with E-state index < -0.39 is 29.4 Å². The number of fused-ring (bicyclic) bond motifs is 1. The van der Waals surface area contributed by atoms with Crippen molar-refractivity contribution in [2.45, 2.75) is 25.2 Å². The van der Waals surface area contributed by atoms with Crippen molar-refractivity contribution in [2.75, 3.05) is 5.32 Å². The molecule has 0 aliphatic heterocycles. The minimum atomic E-state index is -2.83. The summed E-state index contributed by atoms with van der Waals surface area (Å²) in [5, 5.41) is 12.9. The number of hydrogen-bond acceptors (Lipinski definition) is 4. The van der Waals surface area contributed by atoms with Crippen LogP contribution in [0.15, 0.2) is 36.7 Å². The molecule has 1 aliphatic carbocycles. The van der Waals surface area contributed by atoms with Gasteiger partial charge in [0, 0.05) is 12.1 Å². The lowest BCUT2D eigenvalue weighted by Gasteiger charge is -2.10. The quantitative estimate of drug-likeness (QED) is 0.478. The Bertz CT molecular complexity index is 1340. The van der Waals surface area contributed by atoms with Crippen LogP contribution in [-0.4, -0.2) is 36.6 Å². The number of halogens is 4. The average Bonchev–Trinajstić information content (AvgIpc) is 3.08. The first-order valence-corrected chi connectivity index (χ1v) is 9.28. The number of H-pyrrole nitrogens is 1. The summed E-state index contributed by atoms with van der Waals surface area (Å²) in [5.41, 5.74) is 1.26. The van der Waals surface area contributed by atoms with Gasteiger partial charge in [0.05, 0.1) is 35.0 Å². The summed E-state index contributed by atoms with van der Waals surface area (Å²) in [4.78, 5) is 16.8. The third-order valence-electron chi connectivity index (χ3n) is 5.19. The second-order valence-electron chi connectivity index (χ2n) is 7.40. The molecule has 0 saturated heterocycles. The van der Waals surface area contributed by atoms with Gasteiger partial charge in [-0.25, -0.2) is 27.1 Å². The first kappa shape index (κ1) is 19.2. The highest BCUT2D eigenvalue weighted by atomic mass is 19.3. The molecule has 1 aromatic carbocycles. The van der Waals surface area contributed by atoms with Crippen molar-refractivity contribution in [3.05, 3.63) is 65.2 Å². The van der Waals surface area contributed by atoms with Crippen molar-refractivity contribution >= 4 is 17.1 Å². The van der Waals surface area contributed by atoms with Gasteiger partial charge in [-0.3, -0.25) is 9.89 Å². The molecule has 2 N–H and O–H groups in total. The number of pyridine rings is 1. The van der Waals surface area contributed by atoms with Crippen molar-refractivity contribution < 1.29 is 22.4 Å². The van der Waals surface area contributed by atoms with Crippen molar-refractivity contribution in [3.63, 3.8) is 0 Å². The number of nitrogens with zero attached hydrogens (tertiary/aromatic N) is 4. The zero-order chi connectivity index (χ0) is 21.9. The Kier molecular flexibility index (Phi) is 4.11. The molecular weight excluding hydrogens is 416 g/mol. The molecule has 0 radical (unpaired) electrons. The number of carbonyl (C=O) groups is 1. The molecule has 1 fully saturated rings. The van der Waals surface area contributed by atoms with Gasteiger partial charge in [-0.05, 0) is 36.8 Å². The number of anilines is 1. The number of hydrogen-bond donors (Lipinski definition) is 2. The smallest absolute Gasteiger partial charge is 0.259 e. The summed E-state index contributed by atoms with van der Waals surface area (Å²) in [6.07, 6.45) is 2.10. The first-order valence-electron chi connectivity index (χ1n) is 9.28. The van der Waals surface area contributed by atoms with Gasteiger partial charge in [-0.15, -0.1) is 0 Å². The molecule has 158 valence electrons. The van der Waals surface area contributed by atoms with Gasteiger partial charge in [0.1, 0.15) is 17.5 Å². The molecule has 5 rings (SSSR count). The molecule has 0 spiro atoms. The van der Waals surface area contributed by atoms with E-state index in [1.54, 1.807) is 6.92 Å². The Labute approximate surface area is 172 Å². The van der Waals surface area contributed by atoms with Crippen LogP contribution in [0.3, 0.4) is 0 Å². The van der Waals surface area contributed by atoms with Crippen molar-refractivity contribution in [1.29, 1.82) is 0 Å². The zero-order valence-corrected chi connectivity index (χ0v) is 16.0. The lowest BCUT2D eigenvalue weighted by molar-refractivity contribution is 0.102. The summed E-state index contributed by atoms with van der Waals surface area (Å²) in [5.74, 6) is -5.68. The molecule has 1 saturated carbocycles. The Morgan fingerprint density at radius 1 is 1.29 bits per heavy atom. The Morgan fingerprint density at radius 2 is 2.06 bits per heavy atom. The van der Waals surface area contributed by atoms with Gasteiger partial charge in [0.25, 0.3) is 11.8 Å². The van der Waals surface area contributed by atoms with Crippen LogP contribution in [0.2, 0.25) is 0 Å². The third-order valence-corrected chi connectivity index (χ3v) is 5.19. The monoisotopic (exact) mass is 430 g/mol. The predicted molar refractivity (Wildman–Crippen MR) is 102 cm³/mol. The summed E-state index contributed by atoms with van der Waals surface area (Å²) >= 11 is 0. The standard InChI is InChI=1S/C20H14F4N6O/c1-9-4-14(22)11(17-27-18(29-28-17)13-6-20(13,23)24)5-15(9)26-19(31)12-7-25-30-8-10(21)2-3-16(12)30/h2-5,7-8,13H,6H2,1H3,(H,26,31)(H,27,28,29). The van der Waals surface area contributed by atoms with E-state index in [4.69, 9.17) is 0 Å². The number of aromatic amines is 1. The summed E-state index contributed by atoms with van der Waals surface area (Å²) in [7, 11) is 0. The van der Waals surface area contributed by atoms with Crippen LogP contribution in [-0.2, 0) is 0 Å². The highest BCUT2D eigenvalue weighted by Crippen LogP contribution is 2.54. The molecule has 31 heavy (non-hydrogen) atoms. The lowest BCUT2D eigenvalue weighted by Crippen LogP contribution is -2.13. The van der Waals surface area contributed by atoms with Gasteiger partial charge in [-0.2, -0.15) is 10.2 Å². The number of aromatic nitrogens is 5. The van der Waals surface area contributed by atoms with Crippen molar-refractivity contribution in [3.8, 4) is 11.4 Å². The van der Waals surface area contributed by atoms with E-state index in [0.717, 1.165) is 6.20 Å². The molecule has 3 aromatic heterocycles. The maximum Gasteiger partial charge on any atom is 0.259 e. The molecule has 1 unspecified atom stereocenters. The Hall–Kier alpha value is -3.76. The fourth-order valence-electron chi connectivity index (χ4n) is 3.36. The van der Waals surface area contributed by atoms with E-state index in [0.29, 0.717) is 11.1 Å². The number of benzene rings is 1. The van der Waals surface area contributed by atoms with E-state index in [1.165, 1.54) is 35.0 Å². The highest BCUT2D eigenvalue weighted by Gasteiger charge is 2.59. The second-order valence-corrected chi connectivity index (χ2v) is 7.40. The molecule has 7 nitrogen and oxygen atoms in total. The maximum absolute atomic E-state index is 14.5. The second kappa shape index (κ2) is 6.62. The number of aryl methyl sites for hydroxylation is 1. The fraction of sp³-hybridized carbons (Fsp3) is 0.200. The van der Waals surface area contributed by atoms with Crippen LogP contribution in [0.4, 0.5) is 23.2 Å². The number of nitrogens with one attached hydrogen (secondary N) is 2. The van der Waals surface area contributed by atoms with Gasteiger partial charge >= 0.3 is 0 Å². The maximum atomic E-state index is 14.5. The molecule has 3 heterocycles. The molecule has 4 aromatic rings. The Balaban J connectivity index is 1.45. The van der Waals surface area contributed by atoms with E-state index in [1.807, 2.05) is 0 Å². The van der Waals surface area contributed by atoms with Crippen LogP contribution in [0.5, 0.6) is 0 Å². The van der Waals surface area contributed by atoms with Crippen LogP contribution < -0.4 is 5.32 Å². The fourth-order valence-corrected chi connectivity index (χ4v) is 3.36. The average molecular weight is 430 g/mol. The number of carbonyl (C=O) groups excluding carboxylic acids is 1. The number of alkyl halides is 2. The molecular formula is C20H14F4N6O. The molecule has 1 aliphatic rings. The van der Waals surface area contributed by atoms with E-state index in [-0.39, 0.29) is 34.9 Å². The topological polar surface area (TPSA) is 88.0 Å². The van der Waals surface area contributed by atoms with Gasteiger partial charge in [0.2, 0.25) is 0 Å². The summed E-state index contributed by atoms with van der Waals surface area (Å²) < 4.78 is 55.6.